The number of hydrogen-bond donors (Lipinski definition) is 0. The van der Waals surface area contributed by atoms with E-state index in [-0.39, 0.29) is 0 Å². The molecule has 16 heavy (non-hydrogen) atoms. The van der Waals surface area contributed by atoms with Gasteiger partial charge in [0, 0.05) is 16.9 Å². The van der Waals surface area contributed by atoms with E-state index in [1.165, 1.54) is 0 Å². The quantitative estimate of drug-likeness (QED) is 0.608. The van der Waals surface area contributed by atoms with Crippen LogP contribution in [0.2, 0.25) is 0 Å². The second kappa shape index (κ2) is 4.27. The van der Waals surface area contributed by atoms with Crippen molar-refractivity contribution >= 4 is 19.7 Å². The van der Waals surface area contributed by atoms with Crippen LogP contribution in [0, 0.1) is 17.3 Å². The van der Waals surface area contributed by atoms with Crippen LogP contribution in [0.4, 0.5) is 13.2 Å². The van der Waals surface area contributed by atoms with Crippen LogP contribution in [0.25, 0.3) is 0 Å². The normalized spacial score (nSPS) is 11.5. The van der Waals surface area contributed by atoms with Crippen molar-refractivity contribution in [2.75, 3.05) is 0 Å². The third-order valence-electron chi connectivity index (χ3n) is 1.60. The van der Waals surface area contributed by atoms with Gasteiger partial charge in [0.2, 0.25) is 5.95 Å². The Balaban J connectivity index is 3.77. The largest absolute Gasteiger partial charge is 0.266 e. The molecule has 0 aliphatic carbocycles. The van der Waals surface area contributed by atoms with E-state index in [0.717, 1.165) is 6.07 Å². The van der Waals surface area contributed by atoms with Crippen molar-refractivity contribution in [1.29, 1.82) is 5.26 Å². The first kappa shape index (κ1) is 12.7. The minimum Gasteiger partial charge on any atom is -0.227 e. The summed E-state index contributed by atoms with van der Waals surface area (Å²) in [5.41, 5.74) is -2.22. The van der Waals surface area contributed by atoms with Gasteiger partial charge >= 0.3 is 0 Å². The number of rotatable bonds is 2. The lowest BCUT2D eigenvalue weighted by Gasteiger charge is -2.06. The van der Waals surface area contributed by atoms with E-state index in [4.69, 9.17) is 15.9 Å². The third kappa shape index (κ3) is 2.25. The van der Waals surface area contributed by atoms with Crippen molar-refractivity contribution in [3.8, 4) is 6.07 Å². The lowest BCUT2D eigenvalue weighted by Crippen LogP contribution is -2.06. The molecule has 0 spiro atoms. The molecule has 4 nitrogen and oxygen atoms in total. The van der Waals surface area contributed by atoms with Crippen LogP contribution in [-0.4, -0.2) is 13.4 Å². The van der Waals surface area contributed by atoms with Crippen LogP contribution < -0.4 is 0 Å². The van der Waals surface area contributed by atoms with E-state index >= 15 is 0 Å². The molecule has 1 rings (SSSR count). The summed E-state index contributed by atoms with van der Waals surface area (Å²) in [6.45, 7) is 0. The Bertz CT molecular complexity index is 568. The number of halogens is 4. The van der Waals surface area contributed by atoms with E-state index in [2.05, 4.69) is 4.98 Å². The smallest absolute Gasteiger partial charge is 0.227 e. The maximum atomic E-state index is 12.9. The molecule has 0 saturated heterocycles. The molecule has 0 N–H and O–H groups in total. The zero-order valence-corrected chi connectivity index (χ0v) is 8.86. The van der Waals surface area contributed by atoms with Gasteiger partial charge in [-0.2, -0.15) is 9.65 Å². The van der Waals surface area contributed by atoms with E-state index in [9.17, 15) is 21.6 Å². The number of nitrogens with zero attached hydrogens (tertiary/aromatic N) is 2. The molecule has 0 radical (unpaired) electrons. The zero-order chi connectivity index (χ0) is 12.5. The van der Waals surface area contributed by atoms with E-state index < -0.39 is 37.4 Å². The summed E-state index contributed by atoms with van der Waals surface area (Å²) in [6, 6.07) is 1.13. The fraction of sp³-hybridized carbons (Fsp3) is 0.143. The molecule has 86 valence electrons. The number of nitriles is 1. The lowest BCUT2D eigenvalue weighted by atomic mass is 10.2. The summed E-state index contributed by atoms with van der Waals surface area (Å²) in [5, 5.41) is 8.47. The highest BCUT2D eigenvalue weighted by Gasteiger charge is 2.28. The number of hydrogen-bond acceptors (Lipinski definition) is 4. The first-order valence-electron chi connectivity index (χ1n) is 3.60. The van der Waals surface area contributed by atoms with Crippen LogP contribution in [0.5, 0.6) is 0 Å². The standard InChI is InChI=1S/C7H2ClF3N2O2S/c8-16(14,15)5-3(1-12)7(11)13-2-4(5)6(9)10/h2,6H. The molecular weight excluding hydrogens is 269 g/mol. The maximum Gasteiger partial charge on any atom is 0.266 e. The van der Waals surface area contributed by atoms with Crippen LogP contribution in [0.15, 0.2) is 11.1 Å². The summed E-state index contributed by atoms with van der Waals surface area (Å²) < 4.78 is 59.7. The fourth-order valence-electron chi connectivity index (χ4n) is 1.00. The topological polar surface area (TPSA) is 70.8 Å². The van der Waals surface area contributed by atoms with Gasteiger partial charge in [0.1, 0.15) is 16.5 Å². The molecule has 0 fully saturated rings. The predicted molar refractivity (Wildman–Crippen MR) is 46.9 cm³/mol. The summed E-state index contributed by atoms with van der Waals surface area (Å²) in [7, 11) is 0.203. The molecule has 9 heteroatoms. The monoisotopic (exact) mass is 270 g/mol. The van der Waals surface area contributed by atoms with Crippen molar-refractivity contribution in [1.82, 2.24) is 4.98 Å². The zero-order valence-electron chi connectivity index (χ0n) is 7.29. The molecule has 0 aliphatic heterocycles. The highest BCUT2D eigenvalue weighted by Crippen LogP contribution is 2.31. The van der Waals surface area contributed by atoms with Gasteiger partial charge < -0.3 is 0 Å². The fourth-order valence-corrected chi connectivity index (χ4v) is 2.30. The Morgan fingerprint density at radius 2 is 2.06 bits per heavy atom. The molecule has 0 aliphatic rings. The van der Waals surface area contributed by atoms with Crippen molar-refractivity contribution in [3.05, 3.63) is 23.3 Å². The van der Waals surface area contributed by atoms with Gasteiger partial charge in [0.05, 0.1) is 5.56 Å². The summed E-state index contributed by atoms with van der Waals surface area (Å²) in [4.78, 5) is 1.62. The first-order chi connectivity index (χ1) is 7.29. The van der Waals surface area contributed by atoms with Crippen molar-refractivity contribution in [3.63, 3.8) is 0 Å². The van der Waals surface area contributed by atoms with Gasteiger partial charge in [-0.1, -0.05) is 0 Å². The van der Waals surface area contributed by atoms with Gasteiger partial charge in [-0.25, -0.2) is 22.2 Å². The molecular formula is C7H2ClF3N2O2S. The van der Waals surface area contributed by atoms with Gasteiger partial charge in [-0.05, 0) is 0 Å². The Labute approximate surface area is 92.7 Å². The molecule has 0 aromatic carbocycles. The minimum atomic E-state index is -4.65. The van der Waals surface area contributed by atoms with Crippen molar-refractivity contribution in [2.45, 2.75) is 11.3 Å². The predicted octanol–water partition coefficient (Wildman–Crippen LogP) is 1.96. The van der Waals surface area contributed by atoms with Crippen LogP contribution in [-0.2, 0) is 9.05 Å². The Morgan fingerprint density at radius 3 is 2.44 bits per heavy atom. The van der Waals surface area contributed by atoms with Crippen molar-refractivity contribution in [2.24, 2.45) is 0 Å². The average Bonchev–Trinajstić information content (AvgIpc) is 2.15. The average molecular weight is 271 g/mol. The highest BCUT2D eigenvalue weighted by atomic mass is 35.7. The Morgan fingerprint density at radius 1 is 1.50 bits per heavy atom. The second-order valence-corrected chi connectivity index (χ2v) is 5.06. The molecule has 1 aromatic rings. The summed E-state index contributed by atoms with van der Waals surface area (Å²) in [5.74, 6) is -1.47. The molecule has 0 bridgehead atoms. The minimum absolute atomic E-state index is 0.329. The van der Waals surface area contributed by atoms with Crippen molar-refractivity contribution < 1.29 is 21.6 Å². The van der Waals surface area contributed by atoms with E-state index in [1.54, 1.807) is 0 Å². The van der Waals surface area contributed by atoms with E-state index in [0.29, 0.717) is 6.20 Å². The van der Waals surface area contributed by atoms with Crippen LogP contribution in [0.1, 0.15) is 17.6 Å². The van der Waals surface area contributed by atoms with Gasteiger partial charge in [-0.3, -0.25) is 0 Å². The lowest BCUT2D eigenvalue weighted by molar-refractivity contribution is 0.147. The van der Waals surface area contributed by atoms with Gasteiger partial charge in [0.15, 0.2) is 0 Å². The Kier molecular flexibility index (Phi) is 3.40. The van der Waals surface area contributed by atoms with Gasteiger partial charge in [0.25, 0.3) is 15.5 Å². The molecule has 0 saturated carbocycles. The maximum absolute atomic E-state index is 12.9. The molecule has 1 heterocycles. The van der Waals surface area contributed by atoms with Crippen LogP contribution in [0.3, 0.4) is 0 Å². The Hall–Kier alpha value is -1.33. The first-order valence-corrected chi connectivity index (χ1v) is 5.91. The molecule has 0 amide bonds. The third-order valence-corrected chi connectivity index (χ3v) is 2.99. The molecule has 0 unspecified atom stereocenters. The molecule has 0 atom stereocenters. The molecule has 1 aromatic heterocycles. The summed E-state index contributed by atoms with van der Waals surface area (Å²) in [6.07, 6.45) is -2.90. The number of pyridine rings is 1. The summed E-state index contributed by atoms with van der Waals surface area (Å²) >= 11 is 0. The number of aromatic nitrogens is 1. The second-order valence-electron chi connectivity index (χ2n) is 2.56. The SMILES string of the molecule is N#Cc1c(F)ncc(C(F)F)c1S(=O)(=O)Cl. The highest BCUT2D eigenvalue weighted by molar-refractivity contribution is 8.13. The van der Waals surface area contributed by atoms with E-state index in [1.807, 2.05) is 0 Å². The van der Waals surface area contributed by atoms with Crippen LogP contribution >= 0.6 is 10.7 Å². The number of alkyl halides is 2. The van der Waals surface area contributed by atoms with Gasteiger partial charge in [-0.15, -0.1) is 0 Å².